The molecule has 0 fully saturated rings. The van der Waals surface area contributed by atoms with Crippen LogP contribution in [0.5, 0.6) is 0 Å². The Morgan fingerprint density at radius 3 is 3.00 bits per heavy atom. The molecule has 1 N–H and O–H groups in total. The number of aromatic amines is 1. The van der Waals surface area contributed by atoms with E-state index in [-0.39, 0.29) is 11.2 Å². The van der Waals surface area contributed by atoms with Crippen molar-refractivity contribution in [3.8, 4) is 10.7 Å². The molecular weight excluding hydrogens is 338 g/mol. The van der Waals surface area contributed by atoms with Gasteiger partial charge in [-0.2, -0.15) is 0 Å². The average molecular weight is 349 g/mol. The van der Waals surface area contributed by atoms with Crippen molar-refractivity contribution in [1.82, 2.24) is 19.7 Å². The lowest BCUT2D eigenvalue weighted by Crippen LogP contribution is -2.19. The summed E-state index contributed by atoms with van der Waals surface area (Å²) >= 11 is 2.94. The summed E-state index contributed by atoms with van der Waals surface area (Å²) in [4.78, 5) is 27.3. The van der Waals surface area contributed by atoms with Crippen LogP contribution >= 0.6 is 23.1 Å². The van der Waals surface area contributed by atoms with E-state index in [9.17, 15) is 14.9 Å². The normalized spacial score (nSPS) is 10.8. The highest BCUT2D eigenvalue weighted by Crippen LogP contribution is 2.23. The summed E-state index contributed by atoms with van der Waals surface area (Å²) in [7, 11) is 0. The lowest BCUT2D eigenvalue weighted by molar-refractivity contribution is -0.385. The van der Waals surface area contributed by atoms with Gasteiger partial charge >= 0.3 is 0 Å². The van der Waals surface area contributed by atoms with Crippen LogP contribution < -0.4 is 5.56 Å². The molecule has 3 rings (SSSR count). The molecule has 10 heteroatoms. The van der Waals surface area contributed by atoms with Crippen molar-refractivity contribution in [2.24, 2.45) is 0 Å². The molecule has 0 amide bonds. The second-order valence-electron chi connectivity index (χ2n) is 4.47. The van der Waals surface area contributed by atoms with Crippen LogP contribution in [-0.2, 0) is 6.54 Å². The first-order valence-electron chi connectivity index (χ1n) is 6.57. The molecule has 0 saturated heterocycles. The van der Waals surface area contributed by atoms with Crippen LogP contribution in [0.2, 0.25) is 0 Å². The van der Waals surface area contributed by atoms with E-state index >= 15 is 0 Å². The topological polar surface area (TPSA) is 107 Å². The van der Waals surface area contributed by atoms with Gasteiger partial charge in [-0.25, -0.2) is 4.98 Å². The zero-order valence-corrected chi connectivity index (χ0v) is 13.3. The summed E-state index contributed by atoms with van der Waals surface area (Å²) in [6, 6.07) is 6.28. The molecule has 0 aliphatic carbocycles. The fraction of sp³-hybridized carbons (Fsp3) is 0.154. The molecule has 0 unspecified atom stereocenters. The smallest absolute Gasteiger partial charge is 0.285 e. The Bertz CT molecular complexity index is 872. The molecule has 3 aromatic rings. The molecule has 8 nitrogen and oxygen atoms in total. The van der Waals surface area contributed by atoms with Crippen molar-refractivity contribution in [3.05, 3.63) is 56.3 Å². The number of hydrogen-bond donors (Lipinski definition) is 1. The molecule has 0 aliphatic rings. The van der Waals surface area contributed by atoms with Crippen LogP contribution in [0.4, 0.5) is 5.69 Å². The predicted molar refractivity (Wildman–Crippen MR) is 87.8 cm³/mol. The van der Waals surface area contributed by atoms with Gasteiger partial charge in [0, 0.05) is 24.4 Å². The fourth-order valence-corrected chi connectivity index (χ4v) is 3.27. The van der Waals surface area contributed by atoms with Crippen molar-refractivity contribution in [3.63, 3.8) is 0 Å². The standard InChI is InChI=1S/C13H11N5O3S2/c19-11-4-3-9(18(20)21)8-17(11)5-7-23-13-14-12(15-16-13)10-2-1-6-22-10/h1-4,6,8H,5,7H2,(H,14,15,16). The molecule has 3 aromatic heterocycles. The van der Waals surface area contributed by atoms with E-state index in [1.54, 1.807) is 11.3 Å². The minimum Gasteiger partial charge on any atom is -0.308 e. The first-order chi connectivity index (χ1) is 11.1. The van der Waals surface area contributed by atoms with Crippen molar-refractivity contribution in [1.29, 1.82) is 0 Å². The summed E-state index contributed by atoms with van der Waals surface area (Å²) in [5, 5.41) is 20.2. The van der Waals surface area contributed by atoms with E-state index in [0.29, 0.717) is 23.3 Å². The molecular formula is C13H11N5O3S2. The van der Waals surface area contributed by atoms with Crippen molar-refractivity contribution < 1.29 is 4.92 Å². The highest BCUT2D eigenvalue weighted by molar-refractivity contribution is 7.99. The van der Waals surface area contributed by atoms with Crippen LogP contribution in [0, 0.1) is 10.1 Å². The summed E-state index contributed by atoms with van der Waals surface area (Å²) in [5.74, 6) is 1.23. The van der Waals surface area contributed by atoms with Gasteiger partial charge in [-0.3, -0.25) is 20.0 Å². The highest BCUT2D eigenvalue weighted by atomic mass is 32.2. The number of hydrogen-bond acceptors (Lipinski definition) is 7. The number of nitro groups is 1. The number of H-pyrrole nitrogens is 1. The summed E-state index contributed by atoms with van der Waals surface area (Å²) in [6.45, 7) is 0.341. The number of aromatic nitrogens is 4. The van der Waals surface area contributed by atoms with E-state index in [4.69, 9.17) is 0 Å². The second-order valence-corrected chi connectivity index (χ2v) is 6.48. The van der Waals surface area contributed by atoms with E-state index in [0.717, 1.165) is 4.88 Å². The van der Waals surface area contributed by atoms with Crippen molar-refractivity contribution in [2.75, 3.05) is 5.75 Å². The molecule has 3 heterocycles. The Hall–Kier alpha value is -2.46. The number of thiophene rings is 1. The van der Waals surface area contributed by atoms with Gasteiger partial charge in [-0.05, 0) is 11.4 Å². The molecule has 0 atom stereocenters. The first kappa shape index (κ1) is 15.4. The monoisotopic (exact) mass is 349 g/mol. The van der Waals surface area contributed by atoms with Gasteiger partial charge in [-0.1, -0.05) is 17.8 Å². The van der Waals surface area contributed by atoms with Crippen molar-refractivity contribution >= 4 is 28.8 Å². The second kappa shape index (κ2) is 6.75. The van der Waals surface area contributed by atoms with Gasteiger partial charge in [0.1, 0.15) is 0 Å². The van der Waals surface area contributed by atoms with Gasteiger partial charge in [0.25, 0.3) is 11.2 Å². The average Bonchev–Trinajstić information content (AvgIpc) is 3.19. The minimum absolute atomic E-state index is 0.104. The maximum absolute atomic E-state index is 11.7. The number of pyridine rings is 1. The Morgan fingerprint density at radius 2 is 2.26 bits per heavy atom. The molecule has 0 spiro atoms. The lowest BCUT2D eigenvalue weighted by Gasteiger charge is -2.03. The fourth-order valence-electron chi connectivity index (χ4n) is 1.87. The maximum Gasteiger partial charge on any atom is 0.285 e. The molecule has 118 valence electrons. The largest absolute Gasteiger partial charge is 0.308 e. The third-order valence-corrected chi connectivity index (χ3v) is 4.67. The quantitative estimate of drug-likeness (QED) is 0.416. The molecule has 0 saturated carbocycles. The Morgan fingerprint density at radius 1 is 1.39 bits per heavy atom. The van der Waals surface area contributed by atoms with E-state index < -0.39 is 4.92 Å². The molecule has 0 aromatic carbocycles. The summed E-state index contributed by atoms with van der Waals surface area (Å²) in [6.07, 6.45) is 1.25. The maximum atomic E-state index is 11.7. The van der Waals surface area contributed by atoms with Crippen LogP contribution in [0.15, 0.2) is 45.8 Å². The number of nitrogens with one attached hydrogen (secondary N) is 1. The zero-order chi connectivity index (χ0) is 16.2. The Balaban J connectivity index is 1.63. The third kappa shape index (κ3) is 3.66. The number of nitrogens with zero attached hydrogens (tertiary/aromatic N) is 4. The zero-order valence-electron chi connectivity index (χ0n) is 11.7. The van der Waals surface area contributed by atoms with Crippen LogP contribution in [0.3, 0.4) is 0 Å². The van der Waals surface area contributed by atoms with Crippen LogP contribution in [0.1, 0.15) is 0 Å². The van der Waals surface area contributed by atoms with Crippen LogP contribution in [0.25, 0.3) is 10.7 Å². The van der Waals surface area contributed by atoms with E-state index in [1.807, 2.05) is 17.5 Å². The van der Waals surface area contributed by atoms with E-state index in [1.165, 1.54) is 34.7 Å². The molecule has 0 aliphatic heterocycles. The number of thioether (sulfide) groups is 1. The van der Waals surface area contributed by atoms with Gasteiger partial charge in [-0.15, -0.1) is 16.4 Å². The highest BCUT2D eigenvalue weighted by Gasteiger charge is 2.09. The summed E-state index contributed by atoms with van der Waals surface area (Å²) in [5.41, 5.74) is -0.377. The van der Waals surface area contributed by atoms with Gasteiger partial charge in [0.05, 0.1) is 16.0 Å². The van der Waals surface area contributed by atoms with Gasteiger partial charge < -0.3 is 4.57 Å². The Labute approximate surface area is 138 Å². The van der Waals surface area contributed by atoms with Gasteiger partial charge in [0.2, 0.25) is 5.16 Å². The SMILES string of the molecule is O=c1ccc([N+](=O)[O-])cn1CCSc1n[nH]c(-c2cccs2)n1. The van der Waals surface area contributed by atoms with Crippen molar-refractivity contribution in [2.45, 2.75) is 11.7 Å². The summed E-state index contributed by atoms with van der Waals surface area (Å²) < 4.78 is 1.32. The number of rotatable bonds is 6. The lowest BCUT2D eigenvalue weighted by atomic mass is 10.4. The Kier molecular flexibility index (Phi) is 4.53. The third-order valence-electron chi connectivity index (χ3n) is 2.96. The van der Waals surface area contributed by atoms with Crippen LogP contribution in [-0.4, -0.2) is 30.4 Å². The molecule has 0 bridgehead atoms. The minimum atomic E-state index is -0.522. The molecule has 23 heavy (non-hydrogen) atoms. The number of aryl methyl sites for hydroxylation is 1. The molecule has 0 radical (unpaired) electrons. The van der Waals surface area contributed by atoms with Gasteiger partial charge in [0.15, 0.2) is 5.82 Å². The first-order valence-corrected chi connectivity index (χ1v) is 8.44. The van der Waals surface area contributed by atoms with E-state index in [2.05, 4.69) is 15.2 Å². The predicted octanol–water partition coefficient (Wildman–Crippen LogP) is 2.40.